The van der Waals surface area contributed by atoms with Crippen LogP contribution in [0.15, 0.2) is 18.3 Å². The average Bonchev–Trinajstić information content (AvgIpc) is 2.50. The molecule has 2 N–H and O–H groups in total. The van der Waals surface area contributed by atoms with Crippen LogP contribution in [0, 0.1) is 0 Å². The van der Waals surface area contributed by atoms with Gasteiger partial charge in [0.15, 0.2) is 6.61 Å². The summed E-state index contributed by atoms with van der Waals surface area (Å²) in [5.74, 6) is -0.678. The SMILES string of the molecule is CCC(O)(CC)CNC(=O)c1ccc(OCC(F)(F)F)nc1. The predicted molar refractivity (Wildman–Crippen MR) is 73.7 cm³/mol. The molecule has 0 aliphatic carbocycles. The van der Waals surface area contributed by atoms with Crippen LogP contribution in [0.2, 0.25) is 0 Å². The fourth-order valence-electron chi connectivity index (χ4n) is 1.60. The van der Waals surface area contributed by atoms with E-state index in [2.05, 4.69) is 15.0 Å². The van der Waals surface area contributed by atoms with Crippen molar-refractivity contribution in [1.29, 1.82) is 0 Å². The van der Waals surface area contributed by atoms with Gasteiger partial charge in [-0.2, -0.15) is 13.2 Å². The van der Waals surface area contributed by atoms with Crippen molar-refractivity contribution in [3.63, 3.8) is 0 Å². The maximum Gasteiger partial charge on any atom is 0.422 e. The highest BCUT2D eigenvalue weighted by molar-refractivity contribution is 5.93. The van der Waals surface area contributed by atoms with Gasteiger partial charge in [-0.25, -0.2) is 4.98 Å². The fraction of sp³-hybridized carbons (Fsp3) is 0.571. The lowest BCUT2D eigenvalue weighted by Gasteiger charge is -2.25. The lowest BCUT2D eigenvalue weighted by molar-refractivity contribution is -0.154. The molecule has 0 unspecified atom stereocenters. The van der Waals surface area contributed by atoms with Crippen LogP contribution in [0.25, 0.3) is 0 Å². The number of aliphatic hydroxyl groups is 1. The van der Waals surface area contributed by atoms with Crippen LogP contribution in [0.5, 0.6) is 5.88 Å². The molecule has 0 spiro atoms. The number of pyridine rings is 1. The molecule has 8 heteroatoms. The quantitative estimate of drug-likeness (QED) is 0.809. The molecule has 0 aromatic carbocycles. The summed E-state index contributed by atoms with van der Waals surface area (Å²) in [6.45, 7) is 2.27. The van der Waals surface area contributed by atoms with E-state index in [4.69, 9.17) is 0 Å². The Hall–Kier alpha value is -1.83. The summed E-state index contributed by atoms with van der Waals surface area (Å²) in [6.07, 6.45) is -2.33. The highest BCUT2D eigenvalue weighted by Crippen LogP contribution is 2.17. The molecule has 1 amide bonds. The van der Waals surface area contributed by atoms with Crippen LogP contribution in [0.1, 0.15) is 37.0 Å². The van der Waals surface area contributed by atoms with E-state index in [-0.39, 0.29) is 18.0 Å². The van der Waals surface area contributed by atoms with E-state index in [1.807, 2.05) is 13.8 Å². The second-order valence-electron chi connectivity index (χ2n) is 4.90. The molecule has 124 valence electrons. The predicted octanol–water partition coefficient (Wildman–Crippen LogP) is 2.30. The number of nitrogens with zero attached hydrogens (tertiary/aromatic N) is 1. The molecule has 1 heterocycles. The van der Waals surface area contributed by atoms with E-state index in [1.165, 1.54) is 12.1 Å². The van der Waals surface area contributed by atoms with Crippen molar-refractivity contribution in [1.82, 2.24) is 10.3 Å². The molecule has 0 bridgehead atoms. The van der Waals surface area contributed by atoms with Gasteiger partial charge in [0, 0.05) is 18.8 Å². The Labute approximate surface area is 126 Å². The van der Waals surface area contributed by atoms with Gasteiger partial charge in [0.25, 0.3) is 5.91 Å². The first-order valence-electron chi connectivity index (χ1n) is 6.85. The van der Waals surface area contributed by atoms with E-state index in [9.17, 15) is 23.1 Å². The zero-order chi connectivity index (χ0) is 16.8. The summed E-state index contributed by atoms with van der Waals surface area (Å²) in [6, 6.07) is 2.50. The normalized spacial score (nSPS) is 12.1. The van der Waals surface area contributed by atoms with Gasteiger partial charge in [0.05, 0.1) is 11.2 Å². The van der Waals surface area contributed by atoms with Gasteiger partial charge < -0.3 is 15.2 Å². The Morgan fingerprint density at radius 1 is 1.32 bits per heavy atom. The van der Waals surface area contributed by atoms with Gasteiger partial charge in [0.2, 0.25) is 5.88 Å². The van der Waals surface area contributed by atoms with Crippen LogP contribution >= 0.6 is 0 Å². The van der Waals surface area contributed by atoms with Gasteiger partial charge >= 0.3 is 6.18 Å². The molecule has 0 saturated heterocycles. The summed E-state index contributed by atoms with van der Waals surface area (Å²) in [5.41, 5.74) is -0.798. The Morgan fingerprint density at radius 3 is 2.41 bits per heavy atom. The lowest BCUT2D eigenvalue weighted by atomic mass is 9.97. The third-order valence-electron chi connectivity index (χ3n) is 3.28. The molecule has 1 aromatic heterocycles. The highest BCUT2D eigenvalue weighted by atomic mass is 19.4. The maximum absolute atomic E-state index is 12.0. The summed E-state index contributed by atoms with van der Waals surface area (Å²) in [4.78, 5) is 15.5. The maximum atomic E-state index is 12.0. The minimum atomic E-state index is -4.44. The first-order valence-corrected chi connectivity index (χ1v) is 6.85. The van der Waals surface area contributed by atoms with Crippen LogP contribution in [0.3, 0.4) is 0 Å². The first-order chi connectivity index (χ1) is 10.2. The Bertz CT molecular complexity index is 485. The Morgan fingerprint density at radius 2 is 1.95 bits per heavy atom. The highest BCUT2D eigenvalue weighted by Gasteiger charge is 2.28. The number of halogens is 3. The Kier molecular flexibility index (Phi) is 6.16. The molecule has 1 rings (SSSR count). The average molecular weight is 320 g/mol. The van der Waals surface area contributed by atoms with Crippen LogP contribution in [-0.2, 0) is 0 Å². The number of carbonyl (C=O) groups is 1. The molecule has 0 atom stereocenters. The second-order valence-corrected chi connectivity index (χ2v) is 4.90. The Balaban J connectivity index is 2.57. The number of alkyl halides is 3. The van der Waals surface area contributed by atoms with Crippen molar-refractivity contribution in [2.45, 2.75) is 38.5 Å². The van der Waals surface area contributed by atoms with Crippen LogP contribution in [-0.4, -0.2) is 40.9 Å². The van der Waals surface area contributed by atoms with Gasteiger partial charge in [-0.3, -0.25) is 4.79 Å². The standard InChI is InChI=1S/C14H19F3N2O3/c1-3-13(21,4-2)8-19-12(20)10-5-6-11(18-7-10)22-9-14(15,16)17/h5-7,21H,3-4,8-9H2,1-2H3,(H,19,20). The number of carbonyl (C=O) groups excluding carboxylic acids is 1. The molecule has 0 fully saturated rings. The number of amides is 1. The van der Waals surface area contributed by atoms with Crippen LogP contribution in [0.4, 0.5) is 13.2 Å². The van der Waals surface area contributed by atoms with Crippen molar-refractivity contribution in [3.8, 4) is 5.88 Å². The zero-order valence-corrected chi connectivity index (χ0v) is 12.4. The molecule has 0 aliphatic heterocycles. The molecular formula is C14H19F3N2O3. The van der Waals surface area contributed by atoms with Crippen molar-refractivity contribution < 1.29 is 27.8 Å². The topological polar surface area (TPSA) is 71.5 Å². The van der Waals surface area contributed by atoms with Gasteiger partial charge in [-0.1, -0.05) is 13.8 Å². The minimum absolute atomic E-state index is 0.0885. The first kappa shape index (κ1) is 18.2. The van der Waals surface area contributed by atoms with Crippen molar-refractivity contribution in [2.24, 2.45) is 0 Å². The monoisotopic (exact) mass is 320 g/mol. The fourth-order valence-corrected chi connectivity index (χ4v) is 1.60. The molecule has 5 nitrogen and oxygen atoms in total. The van der Waals surface area contributed by atoms with E-state index >= 15 is 0 Å². The summed E-state index contributed by atoms with van der Waals surface area (Å²) < 4.78 is 40.4. The molecule has 0 saturated carbocycles. The number of nitrogens with one attached hydrogen (secondary N) is 1. The van der Waals surface area contributed by atoms with Gasteiger partial charge in [-0.15, -0.1) is 0 Å². The summed E-state index contributed by atoms with van der Waals surface area (Å²) in [5, 5.41) is 12.6. The van der Waals surface area contributed by atoms with Crippen molar-refractivity contribution in [3.05, 3.63) is 23.9 Å². The number of hydrogen-bond donors (Lipinski definition) is 2. The van der Waals surface area contributed by atoms with Crippen LogP contribution < -0.4 is 10.1 Å². The van der Waals surface area contributed by atoms with E-state index < -0.39 is 24.3 Å². The summed E-state index contributed by atoms with van der Waals surface area (Å²) >= 11 is 0. The van der Waals surface area contributed by atoms with Crippen molar-refractivity contribution >= 4 is 5.91 Å². The third-order valence-corrected chi connectivity index (χ3v) is 3.28. The molecule has 1 aromatic rings. The minimum Gasteiger partial charge on any atom is -0.468 e. The zero-order valence-electron chi connectivity index (χ0n) is 12.4. The number of ether oxygens (including phenoxy) is 1. The van der Waals surface area contributed by atoms with Crippen molar-refractivity contribution in [2.75, 3.05) is 13.2 Å². The second kappa shape index (κ2) is 7.44. The third kappa shape index (κ3) is 5.88. The molecule has 22 heavy (non-hydrogen) atoms. The number of rotatable bonds is 7. The van der Waals surface area contributed by atoms with E-state index in [1.54, 1.807) is 0 Å². The van der Waals surface area contributed by atoms with Gasteiger partial charge in [0.1, 0.15) is 0 Å². The lowest BCUT2D eigenvalue weighted by Crippen LogP contribution is -2.42. The van der Waals surface area contributed by atoms with E-state index in [0.29, 0.717) is 12.8 Å². The molecule has 0 aliphatic rings. The summed E-state index contributed by atoms with van der Waals surface area (Å²) in [7, 11) is 0. The van der Waals surface area contributed by atoms with Gasteiger partial charge in [-0.05, 0) is 18.9 Å². The van der Waals surface area contributed by atoms with E-state index in [0.717, 1.165) is 6.20 Å². The number of hydrogen-bond acceptors (Lipinski definition) is 4. The smallest absolute Gasteiger partial charge is 0.422 e. The molecular weight excluding hydrogens is 301 g/mol. The molecule has 0 radical (unpaired) electrons. The number of aromatic nitrogens is 1. The largest absolute Gasteiger partial charge is 0.468 e.